The number of rotatable bonds is 5. The van der Waals surface area contributed by atoms with Crippen LogP contribution in [0.25, 0.3) is 0 Å². The largest absolute Gasteiger partial charge is 0.426 e. The van der Waals surface area contributed by atoms with Crippen LogP contribution in [0.2, 0.25) is 0 Å². The summed E-state index contributed by atoms with van der Waals surface area (Å²) < 4.78 is 78.3. The molecule has 0 saturated carbocycles. The van der Waals surface area contributed by atoms with Gasteiger partial charge in [-0.1, -0.05) is 6.92 Å². The van der Waals surface area contributed by atoms with Gasteiger partial charge in [0.2, 0.25) is 0 Å². The van der Waals surface area contributed by atoms with E-state index in [-0.39, 0.29) is 6.61 Å². The Morgan fingerprint density at radius 1 is 1.06 bits per heavy atom. The summed E-state index contributed by atoms with van der Waals surface area (Å²) in [4.78, 5) is 0. The third kappa shape index (κ3) is 4.02. The van der Waals surface area contributed by atoms with Gasteiger partial charge >= 0.3 is 12.4 Å². The third-order valence-electron chi connectivity index (χ3n) is 2.13. The normalized spacial score (nSPS) is 16.1. The minimum atomic E-state index is -5.78. The maximum Gasteiger partial charge on any atom is 0.426 e. The lowest BCUT2D eigenvalue weighted by Crippen LogP contribution is -2.58. The standard InChI is InChI=1S/C9H14F6O2/c1-3-4-17-6(2)5-7(16,8(10,11)12)9(13,14)15/h6,16H,3-5H2,1-2H3. The molecule has 1 N–H and O–H groups in total. The summed E-state index contributed by atoms with van der Waals surface area (Å²) >= 11 is 0. The summed E-state index contributed by atoms with van der Waals surface area (Å²) in [5.74, 6) is 0. The van der Waals surface area contributed by atoms with Gasteiger partial charge in [-0.05, 0) is 13.3 Å². The lowest BCUT2D eigenvalue weighted by atomic mass is 9.95. The summed E-state index contributed by atoms with van der Waals surface area (Å²) in [6.07, 6.45) is -14.0. The Kier molecular flexibility index (Phi) is 5.27. The van der Waals surface area contributed by atoms with E-state index < -0.39 is 30.5 Å². The Bertz CT molecular complexity index is 221. The van der Waals surface area contributed by atoms with Crippen molar-refractivity contribution in [2.24, 2.45) is 0 Å². The molecule has 0 saturated heterocycles. The molecule has 1 unspecified atom stereocenters. The fourth-order valence-electron chi connectivity index (χ4n) is 1.19. The molecule has 0 aromatic carbocycles. The molecule has 0 aliphatic heterocycles. The molecule has 0 spiro atoms. The molecule has 0 radical (unpaired) electrons. The Labute approximate surface area is 94.6 Å². The van der Waals surface area contributed by atoms with Gasteiger partial charge in [-0.25, -0.2) is 0 Å². The SMILES string of the molecule is CCCOC(C)CC(O)(C(F)(F)F)C(F)(F)F. The first-order valence-corrected chi connectivity index (χ1v) is 4.93. The van der Waals surface area contributed by atoms with Gasteiger partial charge in [-0.3, -0.25) is 0 Å². The Morgan fingerprint density at radius 2 is 1.47 bits per heavy atom. The first kappa shape index (κ1) is 16.5. The highest BCUT2D eigenvalue weighted by molar-refractivity contribution is 4.95. The van der Waals surface area contributed by atoms with Gasteiger partial charge in [0.05, 0.1) is 6.10 Å². The van der Waals surface area contributed by atoms with Crippen LogP contribution in [0.1, 0.15) is 26.7 Å². The molecular formula is C9H14F6O2. The van der Waals surface area contributed by atoms with E-state index in [1.807, 2.05) is 0 Å². The average molecular weight is 268 g/mol. The molecule has 0 fully saturated rings. The summed E-state index contributed by atoms with van der Waals surface area (Å²) in [6, 6.07) is 0. The third-order valence-corrected chi connectivity index (χ3v) is 2.13. The van der Waals surface area contributed by atoms with Gasteiger partial charge in [-0.15, -0.1) is 0 Å². The molecule has 0 aliphatic rings. The topological polar surface area (TPSA) is 29.5 Å². The molecule has 104 valence electrons. The van der Waals surface area contributed by atoms with E-state index in [1.165, 1.54) is 0 Å². The van der Waals surface area contributed by atoms with Crippen molar-refractivity contribution >= 4 is 0 Å². The predicted molar refractivity (Wildman–Crippen MR) is 47.4 cm³/mol. The van der Waals surface area contributed by atoms with Gasteiger partial charge in [-0.2, -0.15) is 26.3 Å². The average Bonchev–Trinajstić information content (AvgIpc) is 2.10. The van der Waals surface area contributed by atoms with Crippen molar-refractivity contribution < 1.29 is 36.2 Å². The molecule has 0 aromatic heterocycles. The molecule has 0 aliphatic carbocycles. The Hall–Kier alpha value is -0.500. The van der Waals surface area contributed by atoms with Crippen LogP contribution < -0.4 is 0 Å². The monoisotopic (exact) mass is 268 g/mol. The highest BCUT2D eigenvalue weighted by Gasteiger charge is 2.70. The zero-order valence-electron chi connectivity index (χ0n) is 9.32. The van der Waals surface area contributed by atoms with Crippen molar-refractivity contribution in [3.63, 3.8) is 0 Å². The Morgan fingerprint density at radius 3 is 1.76 bits per heavy atom. The predicted octanol–water partition coefficient (Wildman–Crippen LogP) is 3.05. The zero-order valence-corrected chi connectivity index (χ0v) is 9.32. The number of hydrogen-bond donors (Lipinski definition) is 1. The molecule has 0 amide bonds. The van der Waals surface area contributed by atoms with E-state index in [0.29, 0.717) is 6.42 Å². The minimum Gasteiger partial charge on any atom is -0.378 e. The maximum absolute atomic E-state index is 12.3. The van der Waals surface area contributed by atoms with E-state index >= 15 is 0 Å². The van der Waals surface area contributed by atoms with Crippen LogP contribution in [0, 0.1) is 0 Å². The molecule has 1 atom stereocenters. The molecule has 0 bridgehead atoms. The summed E-state index contributed by atoms with van der Waals surface area (Å²) in [7, 11) is 0. The molecule has 2 nitrogen and oxygen atoms in total. The maximum atomic E-state index is 12.3. The first-order chi connectivity index (χ1) is 7.45. The number of ether oxygens (including phenoxy) is 1. The van der Waals surface area contributed by atoms with Gasteiger partial charge < -0.3 is 9.84 Å². The number of halogens is 6. The second-order valence-electron chi connectivity index (χ2n) is 3.74. The van der Waals surface area contributed by atoms with Gasteiger partial charge in [0.1, 0.15) is 0 Å². The number of aliphatic hydroxyl groups is 1. The van der Waals surface area contributed by atoms with Crippen LogP contribution in [-0.2, 0) is 4.74 Å². The second kappa shape index (κ2) is 5.43. The smallest absolute Gasteiger partial charge is 0.378 e. The lowest BCUT2D eigenvalue weighted by Gasteiger charge is -2.34. The van der Waals surface area contributed by atoms with E-state index in [9.17, 15) is 26.3 Å². The summed E-state index contributed by atoms with van der Waals surface area (Å²) in [6.45, 7) is 2.75. The quantitative estimate of drug-likeness (QED) is 0.776. The van der Waals surface area contributed by atoms with Crippen molar-refractivity contribution in [1.29, 1.82) is 0 Å². The molecule has 0 heterocycles. The lowest BCUT2D eigenvalue weighted by molar-refractivity contribution is -0.374. The van der Waals surface area contributed by atoms with E-state index in [2.05, 4.69) is 0 Å². The van der Waals surface area contributed by atoms with Gasteiger partial charge in [0.15, 0.2) is 0 Å². The van der Waals surface area contributed by atoms with Crippen LogP contribution >= 0.6 is 0 Å². The number of hydrogen-bond acceptors (Lipinski definition) is 2. The van der Waals surface area contributed by atoms with Crippen LogP contribution in [0.3, 0.4) is 0 Å². The fraction of sp³-hybridized carbons (Fsp3) is 1.00. The van der Waals surface area contributed by atoms with E-state index in [0.717, 1.165) is 6.92 Å². The van der Waals surface area contributed by atoms with E-state index in [4.69, 9.17) is 9.84 Å². The minimum absolute atomic E-state index is 0.0347. The second-order valence-corrected chi connectivity index (χ2v) is 3.74. The van der Waals surface area contributed by atoms with Crippen LogP contribution in [0.15, 0.2) is 0 Å². The number of alkyl halides is 6. The zero-order chi connectivity index (χ0) is 13.9. The molecule has 0 aromatic rings. The molecule has 17 heavy (non-hydrogen) atoms. The summed E-state index contributed by atoms with van der Waals surface area (Å²) in [5.41, 5.74) is -4.73. The molecule has 8 heteroatoms. The highest BCUT2D eigenvalue weighted by atomic mass is 19.4. The molecular weight excluding hydrogens is 254 g/mol. The van der Waals surface area contributed by atoms with Crippen molar-refractivity contribution in [3.8, 4) is 0 Å². The fourth-order valence-corrected chi connectivity index (χ4v) is 1.19. The van der Waals surface area contributed by atoms with Crippen molar-refractivity contribution in [1.82, 2.24) is 0 Å². The Balaban J connectivity index is 4.86. The highest BCUT2D eigenvalue weighted by Crippen LogP contribution is 2.46. The first-order valence-electron chi connectivity index (χ1n) is 4.93. The van der Waals surface area contributed by atoms with Gasteiger partial charge in [0.25, 0.3) is 5.60 Å². The van der Waals surface area contributed by atoms with Crippen molar-refractivity contribution in [3.05, 3.63) is 0 Å². The van der Waals surface area contributed by atoms with Crippen molar-refractivity contribution in [2.45, 2.75) is 50.7 Å². The van der Waals surface area contributed by atoms with E-state index in [1.54, 1.807) is 6.92 Å². The summed E-state index contributed by atoms with van der Waals surface area (Å²) in [5, 5.41) is 8.82. The molecule has 0 rings (SSSR count). The van der Waals surface area contributed by atoms with Gasteiger partial charge in [0, 0.05) is 13.0 Å². The van der Waals surface area contributed by atoms with Crippen LogP contribution in [0.4, 0.5) is 26.3 Å². The van der Waals surface area contributed by atoms with Crippen molar-refractivity contribution in [2.75, 3.05) is 6.61 Å². The van der Waals surface area contributed by atoms with Crippen LogP contribution in [0.5, 0.6) is 0 Å². The van der Waals surface area contributed by atoms with Crippen LogP contribution in [-0.4, -0.2) is 35.8 Å².